The van der Waals surface area contributed by atoms with Gasteiger partial charge in [0.05, 0.1) is 0 Å². The Morgan fingerprint density at radius 3 is 2.25 bits per heavy atom. The number of nitrogens with zero attached hydrogens (tertiary/aromatic N) is 1. The molecule has 0 aliphatic carbocycles. The first-order valence-corrected chi connectivity index (χ1v) is 3.79. The van der Waals surface area contributed by atoms with E-state index in [0.29, 0.717) is 0 Å². The molecule has 0 aromatic rings. The van der Waals surface area contributed by atoms with E-state index in [-0.39, 0.29) is 0 Å². The van der Waals surface area contributed by atoms with Crippen LogP contribution in [0.1, 0.15) is 13.8 Å². The Labute approximate surface area is 60.9 Å². The molecule has 0 unspecified atom stereocenters. The van der Waals surface area contributed by atoms with Crippen molar-refractivity contribution in [3.05, 3.63) is 11.8 Å². The van der Waals surface area contributed by atoms with Crippen LogP contribution >= 0.6 is 0 Å². The molecule has 0 aromatic carbocycles. The first kappa shape index (κ1) is 7.97. The van der Waals surface area contributed by atoms with Gasteiger partial charge in [0, 0.05) is 0 Å². The van der Waals surface area contributed by atoms with Gasteiger partial charge in [0.25, 0.3) is 0 Å². The van der Waals surface area contributed by atoms with E-state index in [4.69, 9.17) is 0 Å². The molecule has 0 aliphatic rings. The maximum atomic E-state index is 3.73. The van der Waals surface area contributed by atoms with Crippen molar-refractivity contribution in [2.24, 2.45) is 4.99 Å². The Balaban J connectivity index is 3.94. The van der Waals surface area contributed by atoms with Gasteiger partial charge < -0.3 is 0 Å². The molecule has 0 rings (SSSR count). The minimum absolute atomic E-state index is 0.998. The van der Waals surface area contributed by atoms with Crippen molar-refractivity contribution in [1.82, 2.24) is 0 Å². The molecule has 8 heavy (non-hydrogen) atoms. The van der Waals surface area contributed by atoms with Gasteiger partial charge in [0.1, 0.15) is 0 Å². The third kappa shape index (κ3) is 4.14. The Morgan fingerprint density at radius 2 is 2.12 bits per heavy atom. The predicted octanol–water partition coefficient (Wildman–Crippen LogP) is 1.33. The summed E-state index contributed by atoms with van der Waals surface area (Å²) < 4.78 is 1.34. The van der Waals surface area contributed by atoms with Crippen LogP contribution in [0.4, 0.5) is 0 Å². The van der Waals surface area contributed by atoms with Gasteiger partial charge in [-0.1, -0.05) is 0 Å². The normalized spacial score (nSPS) is 11.0. The zero-order valence-electron chi connectivity index (χ0n) is 5.14. The SMILES string of the molecule is C=N/C(C)=C\[C](C)=[W]. The summed E-state index contributed by atoms with van der Waals surface area (Å²) in [5.74, 6) is 0. The van der Waals surface area contributed by atoms with Gasteiger partial charge in [0.15, 0.2) is 0 Å². The summed E-state index contributed by atoms with van der Waals surface area (Å²) in [4.78, 5) is 3.73. The van der Waals surface area contributed by atoms with Crippen LogP contribution in [-0.2, 0) is 19.4 Å². The fourth-order valence-corrected chi connectivity index (χ4v) is 0.953. The van der Waals surface area contributed by atoms with E-state index in [0.717, 1.165) is 5.70 Å². The molecule has 1 nitrogen and oxygen atoms in total. The van der Waals surface area contributed by atoms with Crippen LogP contribution in [0.5, 0.6) is 0 Å². The van der Waals surface area contributed by atoms with Gasteiger partial charge >= 0.3 is 60.6 Å². The monoisotopic (exact) mass is 279 g/mol. The van der Waals surface area contributed by atoms with Crippen LogP contribution < -0.4 is 0 Å². The molecule has 0 N–H and O–H groups in total. The second-order valence-electron chi connectivity index (χ2n) is 1.55. The second kappa shape index (κ2) is 3.91. The molecule has 44 valence electrons. The molecule has 2 heteroatoms. The van der Waals surface area contributed by atoms with E-state index in [1.54, 1.807) is 0 Å². The molecule has 0 bridgehead atoms. The number of hydrogen-bond acceptors (Lipinski definition) is 1. The zero-order chi connectivity index (χ0) is 6.57. The summed E-state index contributed by atoms with van der Waals surface area (Å²) in [5, 5.41) is 0. The van der Waals surface area contributed by atoms with E-state index in [1.165, 1.54) is 23.3 Å². The van der Waals surface area contributed by atoms with Gasteiger partial charge in [0.2, 0.25) is 0 Å². The number of hydrogen-bond donors (Lipinski definition) is 0. The van der Waals surface area contributed by atoms with Crippen LogP contribution in [0.2, 0.25) is 0 Å². The van der Waals surface area contributed by atoms with E-state index >= 15 is 0 Å². The number of aliphatic imine (C=N–C) groups is 1. The molecule has 0 atom stereocenters. The van der Waals surface area contributed by atoms with Crippen LogP contribution in [0.15, 0.2) is 16.8 Å². The van der Waals surface area contributed by atoms with Gasteiger partial charge in [-0.05, 0) is 0 Å². The van der Waals surface area contributed by atoms with Gasteiger partial charge in [-0.2, -0.15) is 0 Å². The van der Waals surface area contributed by atoms with E-state index < -0.39 is 0 Å². The van der Waals surface area contributed by atoms with Gasteiger partial charge in [-0.15, -0.1) is 0 Å². The fourth-order valence-electron chi connectivity index (χ4n) is 0.340. The topological polar surface area (TPSA) is 12.4 Å². The summed E-state index contributed by atoms with van der Waals surface area (Å²) in [6, 6.07) is 0. The standard InChI is InChI=1S/C6H9N.W/c1-4-5-6(2)7-3;/h5H,3H2,1-2H3;/b6-5-;. The number of allylic oxidation sites excluding steroid dienone is 2. The summed E-state index contributed by atoms with van der Waals surface area (Å²) in [5.41, 5.74) is 0.998. The Hall–Kier alpha value is -0.0317. The Morgan fingerprint density at radius 1 is 1.62 bits per heavy atom. The molecule has 0 radical (unpaired) electrons. The Bertz CT molecular complexity index is 135. The Kier molecular flexibility index (Phi) is 3.89. The summed E-state index contributed by atoms with van der Waals surface area (Å²) in [6.07, 6.45) is 2.03. The second-order valence-corrected chi connectivity index (χ2v) is 3.87. The molecular formula is C6H9NW. The first-order valence-electron chi connectivity index (χ1n) is 2.32. The first-order chi connectivity index (χ1) is 3.66. The maximum absolute atomic E-state index is 3.73. The van der Waals surface area contributed by atoms with Crippen molar-refractivity contribution < 1.29 is 19.4 Å². The van der Waals surface area contributed by atoms with E-state index in [2.05, 4.69) is 18.6 Å². The molecule has 0 saturated heterocycles. The quantitative estimate of drug-likeness (QED) is 0.676. The molecule has 0 amide bonds. The van der Waals surface area contributed by atoms with Crippen molar-refractivity contribution in [3.8, 4) is 0 Å². The molecular weight excluding hydrogens is 270 g/mol. The van der Waals surface area contributed by atoms with E-state index in [9.17, 15) is 0 Å². The van der Waals surface area contributed by atoms with Gasteiger partial charge in [-0.25, -0.2) is 0 Å². The molecule has 0 saturated carbocycles. The summed E-state index contributed by atoms with van der Waals surface area (Å²) >= 11 is 1.49. The van der Waals surface area contributed by atoms with Crippen LogP contribution in [0.25, 0.3) is 0 Å². The molecule has 0 heterocycles. The van der Waals surface area contributed by atoms with Crippen molar-refractivity contribution in [2.45, 2.75) is 13.8 Å². The number of rotatable bonds is 2. The van der Waals surface area contributed by atoms with E-state index in [1.807, 2.05) is 13.0 Å². The van der Waals surface area contributed by atoms with Crippen molar-refractivity contribution in [3.63, 3.8) is 0 Å². The third-order valence-corrected chi connectivity index (χ3v) is 1.08. The molecule has 0 aliphatic heterocycles. The van der Waals surface area contributed by atoms with Crippen LogP contribution in [-0.4, -0.2) is 10.6 Å². The van der Waals surface area contributed by atoms with Crippen molar-refractivity contribution in [1.29, 1.82) is 0 Å². The zero-order valence-corrected chi connectivity index (χ0v) is 8.07. The van der Waals surface area contributed by atoms with Gasteiger partial charge in [-0.3, -0.25) is 0 Å². The summed E-state index contributed by atoms with van der Waals surface area (Å²) in [7, 11) is 0. The van der Waals surface area contributed by atoms with Crippen molar-refractivity contribution in [2.75, 3.05) is 0 Å². The molecule has 0 aromatic heterocycles. The predicted molar refractivity (Wildman–Crippen MR) is 34.0 cm³/mol. The van der Waals surface area contributed by atoms with Crippen molar-refractivity contribution >= 4 is 10.6 Å². The minimum atomic E-state index is 0.998. The van der Waals surface area contributed by atoms with Crippen LogP contribution in [0.3, 0.4) is 0 Å². The van der Waals surface area contributed by atoms with Crippen LogP contribution in [0, 0.1) is 0 Å². The molecule has 0 fully saturated rings. The fraction of sp³-hybridized carbons (Fsp3) is 0.333. The average Bonchev–Trinajstić information content (AvgIpc) is 1.65. The molecule has 0 spiro atoms. The average molecular weight is 279 g/mol. The third-order valence-electron chi connectivity index (χ3n) is 0.662. The summed E-state index contributed by atoms with van der Waals surface area (Å²) in [6.45, 7) is 7.41.